The van der Waals surface area contributed by atoms with Crippen LogP contribution < -0.4 is 5.32 Å². The Hall–Kier alpha value is -1.36. The number of alkyl carbamates (subject to hydrolysis) is 1. The van der Waals surface area contributed by atoms with Gasteiger partial charge in [0, 0.05) is 0 Å². The van der Waals surface area contributed by atoms with Gasteiger partial charge in [-0.15, -0.1) is 0 Å². The van der Waals surface area contributed by atoms with E-state index in [4.69, 9.17) is 0 Å². The van der Waals surface area contributed by atoms with Gasteiger partial charge in [-0.1, -0.05) is 0 Å². The molecule has 0 saturated carbocycles. The number of hydrogen-bond acceptors (Lipinski definition) is 4. The summed E-state index contributed by atoms with van der Waals surface area (Å²) >= 11 is 1.47. The standard InChI is InChI=1S/C7H5NO3S/c9-6-5(8-7(10)11-6)4-1-2-12-3-4/h1-3,5H,(H,8,10). The fourth-order valence-corrected chi connectivity index (χ4v) is 1.70. The van der Waals surface area contributed by atoms with Crippen molar-refractivity contribution in [3.8, 4) is 0 Å². The van der Waals surface area contributed by atoms with Crippen LogP contribution >= 0.6 is 11.3 Å². The number of rotatable bonds is 1. The van der Waals surface area contributed by atoms with Crippen molar-refractivity contribution in [2.24, 2.45) is 0 Å². The molecule has 1 aromatic rings. The average Bonchev–Trinajstić information content (AvgIpc) is 2.58. The summed E-state index contributed by atoms with van der Waals surface area (Å²) in [6, 6.07) is 1.17. The largest absolute Gasteiger partial charge is 0.415 e. The number of carbonyl (C=O) groups is 2. The highest BCUT2D eigenvalue weighted by molar-refractivity contribution is 7.08. The first-order valence-corrected chi connectivity index (χ1v) is 4.26. The molecule has 0 radical (unpaired) electrons. The van der Waals surface area contributed by atoms with Crippen LogP contribution in [-0.2, 0) is 9.53 Å². The van der Waals surface area contributed by atoms with E-state index in [2.05, 4.69) is 10.1 Å². The van der Waals surface area contributed by atoms with Crippen LogP contribution in [0.4, 0.5) is 4.79 Å². The minimum atomic E-state index is -0.670. The summed E-state index contributed by atoms with van der Waals surface area (Å²) in [5.41, 5.74) is 0.774. The summed E-state index contributed by atoms with van der Waals surface area (Å²) in [5, 5.41) is 6.05. The summed E-state index contributed by atoms with van der Waals surface area (Å²) in [6.45, 7) is 0. The van der Waals surface area contributed by atoms with Gasteiger partial charge in [-0.05, 0) is 22.4 Å². The summed E-state index contributed by atoms with van der Waals surface area (Å²) in [5.74, 6) is -0.529. The monoisotopic (exact) mass is 183 g/mol. The maximum Gasteiger partial charge on any atom is 0.415 e. The smallest absolute Gasteiger partial charge is 0.374 e. The van der Waals surface area contributed by atoms with E-state index >= 15 is 0 Å². The molecule has 4 nitrogen and oxygen atoms in total. The maximum atomic E-state index is 11.0. The topological polar surface area (TPSA) is 55.4 Å². The van der Waals surface area contributed by atoms with E-state index in [1.54, 1.807) is 11.4 Å². The fraction of sp³-hybridized carbons (Fsp3) is 0.143. The summed E-state index contributed by atoms with van der Waals surface area (Å²) in [6.07, 6.45) is -0.670. The third-order valence-corrected chi connectivity index (χ3v) is 2.27. The van der Waals surface area contributed by atoms with Gasteiger partial charge in [-0.25, -0.2) is 9.59 Å². The van der Waals surface area contributed by atoms with E-state index in [1.165, 1.54) is 11.3 Å². The molecule has 0 aliphatic carbocycles. The number of hydrogen-bond donors (Lipinski definition) is 1. The number of carbonyl (C=O) groups excluding carboxylic acids is 2. The van der Waals surface area contributed by atoms with Crippen LogP contribution in [0.15, 0.2) is 16.8 Å². The maximum absolute atomic E-state index is 11.0. The van der Waals surface area contributed by atoms with Gasteiger partial charge in [0.2, 0.25) is 0 Å². The van der Waals surface area contributed by atoms with Crippen molar-refractivity contribution in [3.63, 3.8) is 0 Å². The molecule has 1 unspecified atom stereocenters. The Kier molecular flexibility index (Phi) is 1.58. The van der Waals surface area contributed by atoms with Gasteiger partial charge in [-0.3, -0.25) is 0 Å². The molecule has 0 spiro atoms. The number of cyclic esters (lactones) is 2. The third kappa shape index (κ3) is 1.08. The Labute approximate surface area is 72.1 Å². The van der Waals surface area contributed by atoms with Crippen molar-refractivity contribution in [1.29, 1.82) is 0 Å². The lowest BCUT2D eigenvalue weighted by molar-refractivity contribution is -0.135. The number of thiophene rings is 1. The van der Waals surface area contributed by atoms with Gasteiger partial charge < -0.3 is 10.1 Å². The predicted molar refractivity (Wildman–Crippen MR) is 41.7 cm³/mol. The molecule has 1 N–H and O–H groups in total. The second-order valence-corrected chi connectivity index (χ2v) is 3.12. The van der Waals surface area contributed by atoms with Crippen LogP contribution in [0.3, 0.4) is 0 Å². The quantitative estimate of drug-likeness (QED) is 0.523. The lowest BCUT2D eigenvalue weighted by Crippen LogP contribution is -2.19. The third-order valence-electron chi connectivity index (χ3n) is 1.57. The van der Waals surface area contributed by atoms with Crippen LogP contribution in [0, 0.1) is 0 Å². The van der Waals surface area contributed by atoms with Gasteiger partial charge in [0.1, 0.15) is 0 Å². The molecule has 1 fully saturated rings. The average molecular weight is 183 g/mol. The lowest BCUT2D eigenvalue weighted by Gasteiger charge is -1.99. The Morgan fingerprint density at radius 3 is 2.83 bits per heavy atom. The highest BCUT2D eigenvalue weighted by atomic mass is 32.1. The van der Waals surface area contributed by atoms with Gasteiger partial charge in [0.15, 0.2) is 6.04 Å². The molecular weight excluding hydrogens is 178 g/mol. The Morgan fingerprint density at radius 1 is 1.50 bits per heavy atom. The summed E-state index contributed by atoms with van der Waals surface area (Å²) in [4.78, 5) is 21.6. The van der Waals surface area contributed by atoms with Crippen LogP contribution in [-0.4, -0.2) is 12.1 Å². The minimum absolute atomic E-state index is 0.529. The van der Waals surface area contributed by atoms with Gasteiger partial charge >= 0.3 is 12.1 Å². The summed E-state index contributed by atoms with van der Waals surface area (Å²) < 4.78 is 4.31. The molecule has 1 aromatic heterocycles. The molecule has 5 heteroatoms. The molecule has 2 heterocycles. The summed E-state index contributed by atoms with van der Waals surface area (Å²) in [7, 11) is 0. The van der Waals surface area contributed by atoms with Gasteiger partial charge in [-0.2, -0.15) is 11.3 Å². The first-order valence-electron chi connectivity index (χ1n) is 3.31. The Bertz CT molecular complexity index is 319. The van der Waals surface area contributed by atoms with Crippen molar-refractivity contribution in [3.05, 3.63) is 22.4 Å². The van der Waals surface area contributed by atoms with E-state index in [9.17, 15) is 9.59 Å². The second kappa shape index (κ2) is 2.60. The van der Waals surface area contributed by atoms with Crippen molar-refractivity contribution in [1.82, 2.24) is 5.32 Å². The first-order chi connectivity index (χ1) is 5.77. The molecule has 0 aromatic carbocycles. The molecule has 2 rings (SSSR count). The number of nitrogens with one attached hydrogen (secondary N) is 1. The molecule has 62 valence electrons. The number of esters is 1. The fourth-order valence-electron chi connectivity index (χ4n) is 1.02. The van der Waals surface area contributed by atoms with E-state index < -0.39 is 18.1 Å². The molecule has 1 aliphatic heterocycles. The zero-order chi connectivity index (χ0) is 8.55. The molecule has 12 heavy (non-hydrogen) atoms. The Balaban J connectivity index is 2.26. The van der Waals surface area contributed by atoms with Crippen molar-refractivity contribution < 1.29 is 14.3 Å². The van der Waals surface area contributed by atoms with Gasteiger partial charge in [0.05, 0.1) is 0 Å². The lowest BCUT2D eigenvalue weighted by atomic mass is 10.2. The normalized spacial score (nSPS) is 22.2. The van der Waals surface area contributed by atoms with E-state index in [1.807, 2.05) is 5.38 Å². The van der Waals surface area contributed by atoms with Crippen molar-refractivity contribution in [2.75, 3.05) is 0 Å². The second-order valence-electron chi connectivity index (χ2n) is 2.34. The highest BCUT2D eigenvalue weighted by Crippen LogP contribution is 2.21. The van der Waals surface area contributed by atoms with Crippen LogP contribution in [0.1, 0.15) is 11.6 Å². The Morgan fingerprint density at radius 2 is 2.33 bits per heavy atom. The molecule has 0 bridgehead atoms. The highest BCUT2D eigenvalue weighted by Gasteiger charge is 2.33. The first kappa shape index (κ1) is 7.30. The molecule has 1 atom stereocenters. The van der Waals surface area contributed by atoms with Crippen molar-refractivity contribution >= 4 is 23.4 Å². The van der Waals surface area contributed by atoms with E-state index in [0.29, 0.717) is 0 Å². The van der Waals surface area contributed by atoms with Crippen LogP contribution in [0.25, 0.3) is 0 Å². The van der Waals surface area contributed by atoms with Crippen LogP contribution in [0.5, 0.6) is 0 Å². The number of ether oxygens (including phenoxy) is 1. The van der Waals surface area contributed by atoms with Crippen molar-refractivity contribution in [2.45, 2.75) is 6.04 Å². The number of amides is 1. The molecule has 1 aliphatic rings. The van der Waals surface area contributed by atoms with Gasteiger partial charge in [0.25, 0.3) is 0 Å². The van der Waals surface area contributed by atoms with E-state index in [0.717, 1.165) is 5.56 Å². The molecular formula is C7H5NO3S. The molecule has 1 saturated heterocycles. The SMILES string of the molecule is O=C1NC(c2ccsc2)C(=O)O1. The predicted octanol–water partition coefficient (Wildman–Crippen LogP) is 1.06. The molecule has 1 amide bonds. The zero-order valence-electron chi connectivity index (χ0n) is 5.94. The minimum Gasteiger partial charge on any atom is -0.374 e. The van der Waals surface area contributed by atoms with Crippen LogP contribution in [0.2, 0.25) is 0 Å². The van der Waals surface area contributed by atoms with E-state index in [-0.39, 0.29) is 0 Å². The zero-order valence-corrected chi connectivity index (χ0v) is 6.76.